The maximum Gasteiger partial charge on any atom is 0.255 e. The molecule has 1 aliphatic heterocycles. The van der Waals surface area contributed by atoms with Gasteiger partial charge in [-0.05, 0) is 12.1 Å². The van der Waals surface area contributed by atoms with Crippen molar-refractivity contribution in [3.8, 4) is 22.9 Å². The predicted molar refractivity (Wildman–Crippen MR) is 116 cm³/mol. The average molecular weight is 442 g/mol. The van der Waals surface area contributed by atoms with Crippen molar-refractivity contribution in [2.45, 2.75) is 6.42 Å². The molecule has 1 aliphatic rings. The second-order valence-electron chi connectivity index (χ2n) is 6.96. The largest absolute Gasteiger partial charge is 0.492 e. The Labute approximate surface area is 183 Å². The Morgan fingerprint density at radius 3 is 2.91 bits per heavy atom. The lowest BCUT2D eigenvalue weighted by Crippen LogP contribution is -2.31. The summed E-state index contributed by atoms with van der Waals surface area (Å²) in [6.07, 6.45) is 2.04. The zero-order chi connectivity index (χ0) is 22.7. The number of methoxy groups -OCH3 is 2. The van der Waals surface area contributed by atoms with E-state index in [9.17, 15) is 9.18 Å². The third kappa shape index (κ3) is 4.02. The van der Waals surface area contributed by atoms with E-state index in [1.807, 2.05) is 0 Å². The standard InChI is InChI=1S/C21H23FN6O4/c1-30-8-9-32-14-10-25-21(23)28-16(14)18-17(15-12(26-18)6-7-24-20(15)29)27-13-5-3-4-11(22)19(13)31-2/h3-5,10,26-27H,6-9H2,1-2H3,(H,24,29)(H2,23,25,28). The molecule has 2 aromatic heterocycles. The van der Waals surface area contributed by atoms with E-state index in [-0.39, 0.29) is 24.2 Å². The summed E-state index contributed by atoms with van der Waals surface area (Å²) in [7, 11) is 2.94. The third-order valence-electron chi connectivity index (χ3n) is 4.95. The summed E-state index contributed by atoms with van der Waals surface area (Å²) in [6.45, 7) is 1.11. The number of nitrogen functional groups attached to an aromatic ring is 1. The Morgan fingerprint density at radius 1 is 1.28 bits per heavy atom. The van der Waals surface area contributed by atoms with Crippen LogP contribution in [0.15, 0.2) is 24.4 Å². The van der Waals surface area contributed by atoms with Crippen molar-refractivity contribution < 1.29 is 23.4 Å². The van der Waals surface area contributed by atoms with Gasteiger partial charge in [0.2, 0.25) is 5.95 Å². The number of aromatic amines is 1. The molecule has 4 rings (SSSR count). The number of nitrogens with zero attached hydrogens (tertiary/aromatic N) is 2. The molecule has 1 amide bonds. The van der Waals surface area contributed by atoms with Crippen LogP contribution < -0.4 is 25.8 Å². The van der Waals surface area contributed by atoms with Crippen molar-refractivity contribution in [1.82, 2.24) is 20.3 Å². The highest BCUT2D eigenvalue weighted by atomic mass is 19.1. The van der Waals surface area contributed by atoms with Crippen LogP contribution >= 0.6 is 0 Å². The van der Waals surface area contributed by atoms with Gasteiger partial charge in [-0.25, -0.2) is 14.4 Å². The summed E-state index contributed by atoms with van der Waals surface area (Å²) in [4.78, 5) is 24.4. The van der Waals surface area contributed by atoms with Crippen LogP contribution in [-0.4, -0.2) is 54.8 Å². The monoisotopic (exact) mass is 442 g/mol. The molecule has 168 valence electrons. The molecule has 0 aliphatic carbocycles. The number of amides is 1. The van der Waals surface area contributed by atoms with E-state index < -0.39 is 5.82 Å². The van der Waals surface area contributed by atoms with Crippen LogP contribution in [0.4, 0.5) is 21.7 Å². The van der Waals surface area contributed by atoms with Crippen molar-refractivity contribution in [3.63, 3.8) is 0 Å². The average Bonchev–Trinajstić information content (AvgIpc) is 3.14. The molecule has 0 bridgehead atoms. The number of H-pyrrole nitrogens is 1. The number of halogens is 1. The summed E-state index contributed by atoms with van der Waals surface area (Å²) in [5.41, 5.74) is 8.52. The molecule has 11 heteroatoms. The van der Waals surface area contributed by atoms with Gasteiger partial charge in [-0.3, -0.25) is 4.79 Å². The minimum absolute atomic E-state index is 0.0170. The van der Waals surface area contributed by atoms with Crippen molar-refractivity contribution in [1.29, 1.82) is 0 Å². The maximum atomic E-state index is 14.3. The number of carbonyl (C=O) groups is 1. The quantitative estimate of drug-likeness (QED) is 0.390. The van der Waals surface area contributed by atoms with Crippen LogP contribution in [-0.2, 0) is 11.2 Å². The summed E-state index contributed by atoms with van der Waals surface area (Å²) in [6, 6.07) is 4.48. The first kappa shape index (κ1) is 21.4. The number of ether oxygens (including phenoxy) is 3. The summed E-state index contributed by atoms with van der Waals surface area (Å²) >= 11 is 0. The van der Waals surface area contributed by atoms with Gasteiger partial charge in [0.05, 0.1) is 42.5 Å². The first-order chi connectivity index (χ1) is 15.5. The Hall–Kier alpha value is -3.86. The number of nitrogens with one attached hydrogen (secondary N) is 3. The van der Waals surface area contributed by atoms with Gasteiger partial charge in [0.25, 0.3) is 5.91 Å². The fourth-order valence-corrected chi connectivity index (χ4v) is 3.54. The van der Waals surface area contributed by atoms with Crippen LogP contribution in [0.2, 0.25) is 0 Å². The highest BCUT2D eigenvalue weighted by molar-refractivity contribution is 6.06. The first-order valence-electron chi connectivity index (χ1n) is 9.90. The minimum atomic E-state index is -0.539. The number of nitrogens with two attached hydrogens (primary N) is 1. The smallest absolute Gasteiger partial charge is 0.255 e. The molecule has 5 N–H and O–H groups in total. The molecular formula is C21H23FN6O4. The van der Waals surface area contributed by atoms with E-state index in [0.717, 1.165) is 0 Å². The van der Waals surface area contributed by atoms with E-state index in [0.29, 0.717) is 59.3 Å². The lowest BCUT2D eigenvalue weighted by Gasteiger charge is -2.17. The molecule has 1 aromatic carbocycles. The van der Waals surface area contributed by atoms with Crippen molar-refractivity contribution in [3.05, 3.63) is 41.5 Å². The van der Waals surface area contributed by atoms with Crippen LogP contribution in [0, 0.1) is 5.82 Å². The van der Waals surface area contributed by atoms with Gasteiger partial charge in [0.1, 0.15) is 12.3 Å². The van der Waals surface area contributed by atoms with E-state index in [1.165, 1.54) is 19.4 Å². The summed E-state index contributed by atoms with van der Waals surface area (Å²) < 4.78 is 30.3. The minimum Gasteiger partial charge on any atom is -0.492 e. The number of benzene rings is 1. The predicted octanol–water partition coefficient (Wildman–Crippen LogP) is 2.26. The number of rotatable bonds is 8. The molecule has 3 aromatic rings. The van der Waals surface area contributed by atoms with Gasteiger partial charge in [-0.2, -0.15) is 0 Å². The van der Waals surface area contributed by atoms with Crippen molar-refractivity contribution >= 4 is 23.2 Å². The number of aromatic nitrogens is 3. The fourth-order valence-electron chi connectivity index (χ4n) is 3.54. The van der Waals surface area contributed by atoms with Crippen LogP contribution in [0.25, 0.3) is 11.4 Å². The molecule has 0 fully saturated rings. The molecule has 3 heterocycles. The number of anilines is 3. The first-order valence-corrected chi connectivity index (χ1v) is 9.90. The second kappa shape index (κ2) is 9.10. The Balaban J connectivity index is 1.87. The SMILES string of the molecule is COCCOc1cnc(N)nc1-c1[nH]c2c(c1Nc1cccc(F)c1OC)C(=O)NCC2. The topological polar surface area (TPSA) is 136 Å². The van der Waals surface area contributed by atoms with Gasteiger partial charge in [-0.1, -0.05) is 6.07 Å². The number of hydrogen-bond donors (Lipinski definition) is 4. The molecule has 0 saturated heterocycles. The molecule has 0 saturated carbocycles. The van der Waals surface area contributed by atoms with Crippen LogP contribution in [0.3, 0.4) is 0 Å². The maximum absolute atomic E-state index is 14.3. The van der Waals surface area contributed by atoms with Crippen molar-refractivity contribution in [2.75, 3.05) is 45.0 Å². The molecule has 10 nitrogen and oxygen atoms in total. The normalized spacial score (nSPS) is 12.8. The zero-order valence-electron chi connectivity index (χ0n) is 17.6. The Bertz CT molecular complexity index is 1150. The number of fused-ring (bicyclic) bond motifs is 1. The van der Waals surface area contributed by atoms with Crippen molar-refractivity contribution in [2.24, 2.45) is 0 Å². The van der Waals surface area contributed by atoms with E-state index in [1.54, 1.807) is 19.2 Å². The van der Waals surface area contributed by atoms with Gasteiger partial charge >= 0.3 is 0 Å². The van der Waals surface area contributed by atoms with Gasteiger partial charge in [0.15, 0.2) is 17.3 Å². The van der Waals surface area contributed by atoms with Crippen LogP contribution in [0.5, 0.6) is 11.5 Å². The highest BCUT2D eigenvalue weighted by Gasteiger charge is 2.29. The number of carbonyl (C=O) groups excluding carboxylic acids is 1. The van der Waals surface area contributed by atoms with Crippen LogP contribution in [0.1, 0.15) is 16.1 Å². The van der Waals surface area contributed by atoms with Gasteiger partial charge < -0.3 is 35.6 Å². The van der Waals surface area contributed by atoms with E-state index in [4.69, 9.17) is 19.9 Å². The van der Waals surface area contributed by atoms with Gasteiger partial charge in [0, 0.05) is 25.8 Å². The Kier molecular flexibility index (Phi) is 6.08. The fraction of sp³-hybridized carbons (Fsp3) is 0.286. The second-order valence-corrected chi connectivity index (χ2v) is 6.96. The molecule has 0 radical (unpaired) electrons. The molecular weight excluding hydrogens is 419 g/mol. The molecule has 32 heavy (non-hydrogen) atoms. The summed E-state index contributed by atoms with van der Waals surface area (Å²) in [5.74, 6) is -0.406. The van der Waals surface area contributed by atoms with E-state index in [2.05, 4.69) is 25.6 Å². The Morgan fingerprint density at radius 2 is 2.12 bits per heavy atom. The highest BCUT2D eigenvalue weighted by Crippen LogP contribution is 2.41. The molecule has 0 unspecified atom stereocenters. The molecule has 0 atom stereocenters. The van der Waals surface area contributed by atoms with E-state index >= 15 is 0 Å². The lowest BCUT2D eigenvalue weighted by molar-refractivity contribution is 0.0947. The summed E-state index contributed by atoms with van der Waals surface area (Å²) in [5, 5.41) is 5.97. The zero-order valence-corrected chi connectivity index (χ0v) is 17.6. The third-order valence-corrected chi connectivity index (χ3v) is 4.95. The van der Waals surface area contributed by atoms with Gasteiger partial charge in [-0.15, -0.1) is 0 Å². The number of hydrogen-bond acceptors (Lipinski definition) is 8. The number of para-hydroxylation sites is 1. The lowest BCUT2D eigenvalue weighted by atomic mass is 10.1. The molecule has 0 spiro atoms.